The lowest BCUT2D eigenvalue weighted by molar-refractivity contribution is -0.136. The first-order valence-electron chi connectivity index (χ1n) is 13.3. The van der Waals surface area contributed by atoms with E-state index in [-0.39, 0.29) is 23.7 Å². The summed E-state index contributed by atoms with van der Waals surface area (Å²) in [5.41, 5.74) is 5.97. The van der Waals surface area contributed by atoms with Gasteiger partial charge in [0.15, 0.2) is 0 Å². The molecule has 9 nitrogen and oxygen atoms in total. The molecule has 1 aromatic heterocycles. The van der Waals surface area contributed by atoms with E-state index in [1.54, 1.807) is 4.90 Å². The van der Waals surface area contributed by atoms with Gasteiger partial charge in [0.2, 0.25) is 11.8 Å². The lowest BCUT2D eigenvalue weighted by atomic mass is 9.74. The predicted octanol–water partition coefficient (Wildman–Crippen LogP) is 2.76. The van der Waals surface area contributed by atoms with Gasteiger partial charge in [0.1, 0.15) is 11.8 Å². The second-order valence-electron chi connectivity index (χ2n) is 10.9. The van der Waals surface area contributed by atoms with E-state index >= 15 is 0 Å². The number of imide groups is 1. The number of aromatic amines is 1. The van der Waals surface area contributed by atoms with Gasteiger partial charge in [0.25, 0.3) is 5.91 Å². The summed E-state index contributed by atoms with van der Waals surface area (Å²) in [5, 5.41) is 9.55. The van der Waals surface area contributed by atoms with Crippen LogP contribution in [0.25, 0.3) is 11.3 Å². The minimum atomic E-state index is -0.617. The minimum absolute atomic E-state index is 0.0527. The summed E-state index contributed by atoms with van der Waals surface area (Å²) in [6.07, 6.45) is 4.42. The highest BCUT2D eigenvalue weighted by molar-refractivity contribution is 6.05. The molecule has 38 heavy (non-hydrogen) atoms. The molecule has 7 rings (SSSR count). The van der Waals surface area contributed by atoms with Gasteiger partial charge in [-0.05, 0) is 56.1 Å². The van der Waals surface area contributed by atoms with Gasteiger partial charge >= 0.3 is 0 Å². The van der Waals surface area contributed by atoms with Crippen molar-refractivity contribution in [2.24, 2.45) is 0 Å². The molecule has 9 heteroatoms. The van der Waals surface area contributed by atoms with Crippen molar-refractivity contribution in [1.29, 1.82) is 0 Å². The van der Waals surface area contributed by atoms with Crippen LogP contribution in [0.4, 0.5) is 0 Å². The number of ether oxygens (including phenoxy) is 1. The number of piperidine rings is 2. The molecule has 2 saturated heterocycles. The van der Waals surface area contributed by atoms with Gasteiger partial charge in [0, 0.05) is 46.8 Å². The Morgan fingerprint density at radius 1 is 1.08 bits per heavy atom. The molecule has 2 fully saturated rings. The lowest BCUT2D eigenvalue weighted by Gasteiger charge is -2.38. The Bertz CT molecular complexity index is 1440. The topological polar surface area (TPSA) is 108 Å². The summed E-state index contributed by atoms with van der Waals surface area (Å²) < 4.78 is 6.31. The predicted molar refractivity (Wildman–Crippen MR) is 138 cm³/mol. The number of fused-ring (bicyclic) bond motifs is 4. The van der Waals surface area contributed by atoms with Crippen LogP contribution >= 0.6 is 0 Å². The zero-order valence-corrected chi connectivity index (χ0v) is 21.0. The monoisotopic (exact) mass is 511 g/mol. The highest BCUT2D eigenvalue weighted by atomic mass is 16.5. The van der Waals surface area contributed by atoms with E-state index in [0.717, 1.165) is 55.0 Å². The highest BCUT2D eigenvalue weighted by Gasteiger charge is 2.47. The molecule has 4 aliphatic rings. The average molecular weight is 512 g/mol. The molecular formula is C29H29N5O4. The Morgan fingerprint density at radius 3 is 2.74 bits per heavy atom. The van der Waals surface area contributed by atoms with Crippen LogP contribution in [0.15, 0.2) is 48.7 Å². The highest BCUT2D eigenvalue weighted by Crippen LogP contribution is 2.49. The Balaban J connectivity index is 1.06. The number of likely N-dealkylation sites (tertiary alicyclic amines) is 1. The Hall–Kier alpha value is -3.98. The zero-order chi connectivity index (χ0) is 25.9. The molecule has 0 bridgehead atoms. The third kappa shape index (κ3) is 3.72. The quantitative estimate of drug-likeness (QED) is 0.522. The van der Waals surface area contributed by atoms with Crippen LogP contribution in [-0.4, -0.2) is 63.5 Å². The summed E-state index contributed by atoms with van der Waals surface area (Å²) in [4.78, 5) is 41.3. The fourth-order valence-corrected chi connectivity index (χ4v) is 6.54. The van der Waals surface area contributed by atoms with Gasteiger partial charge in [-0.3, -0.25) is 29.7 Å². The molecule has 5 heterocycles. The molecule has 0 aliphatic carbocycles. The number of amides is 3. The standard InChI is InChI=1S/C29H29N5O4/c35-25-7-6-24(27(36)31-25)34-16-21-20(28(34)37)4-5-22-26(21)38-17-29(22)9-12-33(13-10-29)15-18-2-1-3-19(14-18)23-8-11-30-32-23/h1-5,8,11,14,24H,6-7,9-10,12-13,15-17H2,(H,30,32)(H,31,35,36)/t24-/m0/s1. The van der Waals surface area contributed by atoms with Crippen LogP contribution in [0.3, 0.4) is 0 Å². The van der Waals surface area contributed by atoms with Crippen molar-refractivity contribution in [3.05, 3.63) is 70.9 Å². The molecule has 0 saturated carbocycles. The molecule has 3 amide bonds. The molecule has 0 unspecified atom stereocenters. The summed E-state index contributed by atoms with van der Waals surface area (Å²) in [6.45, 7) is 3.79. The van der Waals surface area contributed by atoms with Gasteiger partial charge in [-0.2, -0.15) is 5.10 Å². The summed E-state index contributed by atoms with van der Waals surface area (Å²) in [6, 6.07) is 13.9. The number of hydrogen-bond donors (Lipinski definition) is 2. The van der Waals surface area contributed by atoms with Crippen LogP contribution < -0.4 is 10.1 Å². The van der Waals surface area contributed by atoms with Crippen molar-refractivity contribution in [3.63, 3.8) is 0 Å². The molecule has 194 valence electrons. The van der Waals surface area contributed by atoms with Crippen LogP contribution in [0.1, 0.15) is 52.7 Å². The molecule has 2 N–H and O–H groups in total. The lowest BCUT2D eigenvalue weighted by Crippen LogP contribution is -2.52. The number of carbonyl (C=O) groups is 3. The van der Waals surface area contributed by atoms with Crippen molar-refractivity contribution in [3.8, 4) is 17.0 Å². The summed E-state index contributed by atoms with van der Waals surface area (Å²) in [5.74, 6) is -0.00320. The first-order valence-corrected chi connectivity index (χ1v) is 13.3. The summed E-state index contributed by atoms with van der Waals surface area (Å²) in [7, 11) is 0. The fourth-order valence-electron chi connectivity index (χ4n) is 6.54. The number of carbonyl (C=O) groups excluding carboxylic acids is 3. The van der Waals surface area contributed by atoms with Crippen LogP contribution in [-0.2, 0) is 28.1 Å². The zero-order valence-electron chi connectivity index (χ0n) is 21.0. The Labute approximate surface area is 220 Å². The molecule has 0 radical (unpaired) electrons. The normalized spacial score (nSPS) is 22.4. The van der Waals surface area contributed by atoms with E-state index in [1.807, 2.05) is 18.3 Å². The second kappa shape index (κ2) is 8.80. The van der Waals surface area contributed by atoms with E-state index in [4.69, 9.17) is 4.74 Å². The molecule has 1 spiro atoms. The van der Waals surface area contributed by atoms with E-state index in [9.17, 15) is 14.4 Å². The molecular weight excluding hydrogens is 482 g/mol. The first kappa shape index (κ1) is 23.2. The number of hydrogen-bond acceptors (Lipinski definition) is 6. The van der Waals surface area contributed by atoms with E-state index < -0.39 is 11.9 Å². The van der Waals surface area contributed by atoms with Gasteiger partial charge in [-0.25, -0.2) is 0 Å². The van der Waals surface area contributed by atoms with Crippen molar-refractivity contribution in [2.45, 2.75) is 50.2 Å². The van der Waals surface area contributed by atoms with E-state index in [2.05, 4.69) is 50.7 Å². The van der Waals surface area contributed by atoms with Crippen LogP contribution in [0, 0.1) is 0 Å². The number of rotatable bonds is 4. The van der Waals surface area contributed by atoms with Gasteiger partial charge < -0.3 is 9.64 Å². The number of nitrogens with one attached hydrogen (secondary N) is 2. The fraction of sp³-hybridized carbons (Fsp3) is 0.379. The largest absolute Gasteiger partial charge is 0.492 e. The molecule has 4 aliphatic heterocycles. The van der Waals surface area contributed by atoms with Crippen LogP contribution in [0.5, 0.6) is 5.75 Å². The van der Waals surface area contributed by atoms with E-state index in [0.29, 0.717) is 25.1 Å². The van der Waals surface area contributed by atoms with Gasteiger partial charge in [-0.15, -0.1) is 0 Å². The minimum Gasteiger partial charge on any atom is -0.492 e. The third-order valence-electron chi connectivity index (χ3n) is 8.67. The van der Waals surface area contributed by atoms with E-state index in [1.165, 1.54) is 11.1 Å². The van der Waals surface area contributed by atoms with Crippen molar-refractivity contribution in [2.75, 3.05) is 19.7 Å². The van der Waals surface area contributed by atoms with Gasteiger partial charge in [-0.1, -0.05) is 24.3 Å². The maximum atomic E-state index is 13.2. The van der Waals surface area contributed by atoms with Crippen molar-refractivity contribution >= 4 is 17.7 Å². The number of nitrogens with zero attached hydrogens (tertiary/aromatic N) is 3. The second-order valence-corrected chi connectivity index (χ2v) is 10.9. The number of benzene rings is 2. The SMILES string of the molecule is O=C1CC[C@H](N2Cc3c(ccc4c3OCC43CCN(Cc4cccc(-c5cc[nH]n5)c4)CC3)C2=O)C(=O)N1. The average Bonchev–Trinajstić information content (AvgIpc) is 3.65. The van der Waals surface area contributed by atoms with Gasteiger partial charge in [0.05, 0.1) is 18.8 Å². The Kier molecular flexibility index (Phi) is 5.36. The molecule has 1 atom stereocenters. The number of aromatic nitrogens is 2. The van der Waals surface area contributed by atoms with Crippen LogP contribution in [0.2, 0.25) is 0 Å². The number of H-pyrrole nitrogens is 1. The maximum absolute atomic E-state index is 13.2. The smallest absolute Gasteiger partial charge is 0.255 e. The molecule has 3 aromatic rings. The van der Waals surface area contributed by atoms with Crippen molar-refractivity contribution < 1.29 is 19.1 Å². The third-order valence-corrected chi connectivity index (χ3v) is 8.67. The molecule has 2 aromatic carbocycles. The Morgan fingerprint density at radius 2 is 1.95 bits per heavy atom. The maximum Gasteiger partial charge on any atom is 0.255 e. The van der Waals surface area contributed by atoms with Crippen molar-refractivity contribution in [1.82, 2.24) is 25.3 Å². The first-order chi connectivity index (χ1) is 18.5. The summed E-state index contributed by atoms with van der Waals surface area (Å²) >= 11 is 0.